The molecule has 1 saturated heterocycles. The smallest absolute Gasteiger partial charge is 0.224 e. The lowest BCUT2D eigenvalue weighted by Gasteiger charge is -2.23. The first kappa shape index (κ1) is 11.2. The van der Waals surface area contributed by atoms with E-state index in [0.29, 0.717) is 11.6 Å². The van der Waals surface area contributed by atoms with Gasteiger partial charge in [-0.3, -0.25) is 0 Å². The molecule has 5 nitrogen and oxygen atoms in total. The Labute approximate surface area is 105 Å². The zero-order valence-corrected chi connectivity index (χ0v) is 10.0. The summed E-state index contributed by atoms with van der Waals surface area (Å²) in [6, 6.07) is 5.56. The van der Waals surface area contributed by atoms with Gasteiger partial charge in [-0.05, 0) is 18.2 Å². The molecule has 2 heterocycles. The molecular weight excluding hydrogens is 230 g/mol. The Bertz CT molecular complexity index is 553. The standard InChI is InChI=1S/C13H15N3O2/c14-9-1-2-12-11(7-9)13(16-8-15-12)18-10-3-5-17-6-4-10/h1-2,7-8,10H,3-6,14H2. The average Bonchev–Trinajstić information content (AvgIpc) is 2.41. The van der Waals surface area contributed by atoms with Gasteiger partial charge in [-0.2, -0.15) is 0 Å². The zero-order valence-electron chi connectivity index (χ0n) is 10.0. The van der Waals surface area contributed by atoms with Crippen LogP contribution in [0.3, 0.4) is 0 Å². The highest BCUT2D eigenvalue weighted by molar-refractivity contribution is 5.86. The Hall–Kier alpha value is -1.88. The van der Waals surface area contributed by atoms with Crippen molar-refractivity contribution in [2.75, 3.05) is 18.9 Å². The molecule has 0 atom stereocenters. The lowest BCUT2D eigenvalue weighted by Crippen LogP contribution is -2.26. The van der Waals surface area contributed by atoms with Crippen molar-refractivity contribution in [2.24, 2.45) is 0 Å². The van der Waals surface area contributed by atoms with Crippen molar-refractivity contribution in [1.29, 1.82) is 0 Å². The topological polar surface area (TPSA) is 70.3 Å². The van der Waals surface area contributed by atoms with Crippen molar-refractivity contribution in [3.05, 3.63) is 24.5 Å². The number of hydrogen-bond acceptors (Lipinski definition) is 5. The van der Waals surface area contributed by atoms with Gasteiger partial charge in [0, 0.05) is 18.5 Å². The van der Waals surface area contributed by atoms with Crippen molar-refractivity contribution >= 4 is 16.6 Å². The number of fused-ring (bicyclic) bond motifs is 1. The molecule has 1 aromatic heterocycles. The SMILES string of the molecule is Nc1ccc2ncnc(OC3CCOCC3)c2c1. The lowest BCUT2D eigenvalue weighted by atomic mass is 10.1. The van der Waals surface area contributed by atoms with E-state index < -0.39 is 0 Å². The van der Waals surface area contributed by atoms with E-state index in [4.69, 9.17) is 15.2 Å². The quantitative estimate of drug-likeness (QED) is 0.816. The van der Waals surface area contributed by atoms with Crippen LogP contribution in [0.5, 0.6) is 5.88 Å². The van der Waals surface area contributed by atoms with Crippen molar-refractivity contribution in [3.63, 3.8) is 0 Å². The van der Waals surface area contributed by atoms with Gasteiger partial charge in [0.15, 0.2) is 0 Å². The van der Waals surface area contributed by atoms with Crippen LogP contribution in [0.15, 0.2) is 24.5 Å². The summed E-state index contributed by atoms with van der Waals surface area (Å²) in [5, 5.41) is 0.865. The summed E-state index contributed by atoms with van der Waals surface area (Å²) in [6.07, 6.45) is 3.48. The second kappa shape index (κ2) is 4.78. The number of nitrogen functional groups attached to an aromatic ring is 1. The van der Waals surface area contributed by atoms with Gasteiger partial charge in [0.05, 0.1) is 24.1 Å². The fraction of sp³-hybridized carbons (Fsp3) is 0.385. The summed E-state index contributed by atoms with van der Waals surface area (Å²) in [7, 11) is 0. The van der Waals surface area contributed by atoms with Crippen LogP contribution in [0, 0.1) is 0 Å². The maximum atomic E-state index is 5.94. The zero-order chi connectivity index (χ0) is 12.4. The summed E-state index contributed by atoms with van der Waals surface area (Å²) in [5.41, 5.74) is 7.33. The van der Waals surface area contributed by atoms with Gasteiger partial charge < -0.3 is 15.2 Å². The predicted octanol–water partition coefficient (Wildman–Crippen LogP) is 1.77. The molecule has 0 radical (unpaired) electrons. The van der Waals surface area contributed by atoms with Gasteiger partial charge in [0.2, 0.25) is 5.88 Å². The van der Waals surface area contributed by atoms with E-state index in [9.17, 15) is 0 Å². The summed E-state index contributed by atoms with van der Waals surface area (Å²) < 4.78 is 11.2. The summed E-state index contributed by atoms with van der Waals surface area (Å²) >= 11 is 0. The maximum absolute atomic E-state index is 5.94. The van der Waals surface area contributed by atoms with E-state index in [-0.39, 0.29) is 6.10 Å². The van der Waals surface area contributed by atoms with E-state index in [1.807, 2.05) is 18.2 Å². The summed E-state index contributed by atoms with van der Waals surface area (Å²) in [5.74, 6) is 0.610. The van der Waals surface area contributed by atoms with Crippen LogP contribution < -0.4 is 10.5 Å². The van der Waals surface area contributed by atoms with Gasteiger partial charge >= 0.3 is 0 Å². The molecule has 5 heteroatoms. The molecule has 0 spiro atoms. The molecule has 18 heavy (non-hydrogen) atoms. The average molecular weight is 245 g/mol. The molecule has 94 valence electrons. The normalized spacial score (nSPS) is 16.9. The second-order valence-electron chi connectivity index (χ2n) is 4.38. The Kier molecular flexibility index (Phi) is 2.98. The Morgan fingerprint density at radius 2 is 2.06 bits per heavy atom. The highest BCUT2D eigenvalue weighted by Gasteiger charge is 2.17. The van der Waals surface area contributed by atoms with Gasteiger partial charge in [-0.1, -0.05) is 0 Å². The Morgan fingerprint density at radius 3 is 2.89 bits per heavy atom. The molecule has 0 amide bonds. The number of nitrogens with zero attached hydrogens (tertiary/aromatic N) is 2. The first-order valence-corrected chi connectivity index (χ1v) is 6.07. The number of hydrogen-bond donors (Lipinski definition) is 1. The number of ether oxygens (including phenoxy) is 2. The van der Waals surface area contributed by atoms with E-state index in [2.05, 4.69) is 9.97 Å². The minimum absolute atomic E-state index is 0.165. The number of anilines is 1. The highest BCUT2D eigenvalue weighted by Crippen LogP contribution is 2.25. The Morgan fingerprint density at radius 1 is 1.22 bits per heavy atom. The van der Waals surface area contributed by atoms with Gasteiger partial charge in [-0.25, -0.2) is 9.97 Å². The van der Waals surface area contributed by atoms with Crippen LogP contribution in [0.1, 0.15) is 12.8 Å². The van der Waals surface area contributed by atoms with Crippen LogP contribution in [-0.2, 0) is 4.74 Å². The number of benzene rings is 1. The number of nitrogens with two attached hydrogens (primary N) is 1. The van der Waals surface area contributed by atoms with Crippen LogP contribution >= 0.6 is 0 Å². The molecule has 1 fully saturated rings. The molecular formula is C13H15N3O2. The molecule has 2 aromatic rings. The van der Waals surface area contributed by atoms with Gasteiger partial charge in [-0.15, -0.1) is 0 Å². The molecule has 2 N–H and O–H groups in total. The van der Waals surface area contributed by atoms with E-state index in [1.54, 1.807) is 0 Å². The van der Waals surface area contributed by atoms with Gasteiger partial charge in [0.1, 0.15) is 12.4 Å². The van der Waals surface area contributed by atoms with E-state index in [1.165, 1.54) is 6.33 Å². The predicted molar refractivity (Wildman–Crippen MR) is 68.4 cm³/mol. The summed E-state index contributed by atoms with van der Waals surface area (Å²) in [6.45, 7) is 1.49. The third-order valence-electron chi connectivity index (χ3n) is 3.07. The van der Waals surface area contributed by atoms with Crippen molar-refractivity contribution in [1.82, 2.24) is 9.97 Å². The first-order chi connectivity index (χ1) is 8.83. The number of aromatic nitrogens is 2. The maximum Gasteiger partial charge on any atom is 0.224 e. The van der Waals surface area contributed by atoms with Gasteiger partial charge in [0.25, 0.3) is 0 Å². The molecule has 0 bridgehead atoms. The van der Waals surface area contributed by atoms with E-state index >= 15 is 0 Å². The van der Waals surface area contributed by atoms with E-state index in [0.717, 1.165) is 37.0 Å². The molecule has 0 saturated carbocycles. The van der Waals surface area contributed by atoms with Crippen LogP contribution in [-0.4, -0.2) is 29.3 Å². The van der Waals surface area contributed by atoms with Crippen LogP contribution in [0.2, 0.25) is 0 Å². The molecule has 1 aliphatic heterocycles. The fourth-order valence-corrected chi connectivity index (χ4v) is 2.10. The third-order valence-corrected chi connectivity index (χ3v) is 3.07. The molecule has 0 unspecified atom stereocenters. The van der Waals surface area contributed by atoms with Crippen LogP contribution in [0.25, 0.3) is 10.9 Å². The van der Waals surface area contributed by atoms with Crippen LogP contribution in [0.4, 0.5) is 5.69 Å². The monoisotopic (exact) mass is 245 g/mol. The van der Waals surface area contributed by atoms with Crippen molar-refractivity contribution in [3.8, 4) is 5.88 Å². The summed E-state index contributed by atoms with van der Waals surface area (Å²) in [4.78, 5) is 8.42. The molecule has 0 aliphatic carbocycles. The fourth-order valence-electron chi connectivity index (χ4n) is 2.10. The molecule has 3 rings (SSSR count). The lowest BCUT2D eigenvalue weighted by molar-refractivity contribution is 0.0244. The molecule has 1 aliphatic rings. The minimum atomic E-state index is 0.165. The highest BCUT2D eigenvalue weighted by atomic mass is 16.5. The molecule has 1 aromatic carbocycles. The minimum Gasteiger partial charge on any atom is -0.474 e. The second-order valence-corrected chi connectivity index (χ2v) is 4.38. The van der Waals surface area contributed by atoms with Crippen molar-refractivity contribution < 1.29 is 9.47 Å². The Balaban J connectivity index is 1.92. The third kappa shape index (κ3) is 2.22. The first-order valence-electron chi connectivity index (χ1n) is 6.07. The van der Waals surface area contributed by atoms with Crippen molar-refractivity contribution in [2.45, 2.75) is 18.9 Å². The number of rotatable bonds is 2. The largest absolute Gasteiger partial charge is 0.474 e.